The number of ether oxygens (including phenoxy) is 1. The molecule has 0 aliphatic rings. The molecule has 0 saturated heterocycles. The highest BCUT2D eigenvalue weighted by Crippen LogP contribution is 2.28. The quantitative estimate of drug-likeness (QED) is 0.670. The van der Waals surface area contributed by atoms with E-state index in [4.69, 9.17) is 16.3 Å². The third-order valence-corrected chi connectivity index (χ3v) is 3.12. The Hall–Kier alpha value is -2.13. The summed E-state index contributed by atoms with van der Waals surface area (Å²) in [4.78, 5) is 0. The van der Waals surface area contributed by atoms with E-state index in [9.17, 15) is 0 Å². The number of hydrogen-bond acceptors (Lipinski definition) is 3. The van der Waals surface area contributed by atoms with Gasteiger partial charge in [0.2, 0.25) is 5.88 Å². The Bertz CT molecular complexity index is 701. The molecule has 2 aromatic carbocycles. The Morgan fingerprint density at radius 2 is 1.95 bits per heavy atom. The summed E-state index contributed by atoms with van der Waals surface area (Å²) < 4.78 is 5.70. The molecule has 3 nitrogen and oxygen atoms in total. The van der Waals surface area contributed by atoms with Crippen molar-refractivity contribution in [2.45, 2.75) is 5.88 Å². The van der Waals surface area contributed by atoms with Crippen LogP contribution < -0.4 is 4.74 Å². The van der Waals surface area contributed by atoms with Crippen LogP contribution in [0, 0.1) is 0 Å². The predicted octanol–water partition coefficient (Wildman–Crippen LogP) is 4.16. The van der Waals surface area contributed by atoms with E-state index in [-0.39, 0.29) is 0 Å². The highest BCUT2D eigenvalue weighted by Gasteiger charge is 2.05. The lowest BCUT2D eigenvalue weighted by Gasteiger charge is -2.08. The molecular weight excluding hydrogens is 260 g/mol. The van der Waals surface area contributed by atoms with E-state index in [2.05, 4.69) is 16.3 Å². The minimum atomic E-state index is 0.443. The van der Waals surface area contributed by atoms with Crippen LogP contribution in [-0.4, -0.2) is 10.2 Å². The second kappa shape index (κ2) is 5.24. The van der Waals surface area contributed by atoms with Gasteiger partial charge in [-0.3, -0.25) is 0 Å². The molecule has 0 radical (unpaired) electrons. The zero-order chi connectivity index (χ0) is 13.1. The summed E-state index contributed by atoms with van der Waals surface area (Å²) >= 11 is 6.00. The molecule has 0 aliphatic carbocycles. The minimum Gasteiger partial charge on any atom is -0.437 e. The molecular formula is C15H11ClN2O. The summed E-state index contributed by atoms with van der Waals surface area (Å²) in [6.45, 7) is 0. The van der Waals surface area contributed by atoms with Crippen molar-refractivity contribution in [2.75, 3.05) is 0 Å². The van der Waals surface area contributed by atoms with Gasteiger partial charge in [0, 0.05) is 18.1 Å². The molecule has 0 N–H and O–H groups in total. The SMILES string of the molecule is ClCc1cc(Oc2cccnn2)cc2ccccc12. The Balaban J connectivity index is 2.05. The van der Waals surface area contributed by atoms with Gasteiger partial charge in [-0.1, -0.05) is 24.3 Å². The van der Waals surface area contributed by atoms with Crippen LogP contribution in [0.2, 0.25) is 0 Å². The van der Waals surface area contributed by atoms with Crippen molar-refractivity contribution in [3.8, 4) is 11.6 Å². The molecule has 4 heteroatoms. The van der Waals surface area contributed by atoms with Crippen molar-refractivity contribution >= 4 is 22.4 Å². The molecule has 0 aliphatic heterocycles. The van der Waals surface area contributed by atoms with Crippen molar-refractivity contribution in [2.24, 2.45) is 0 Å². The summed E-state index contributed by atoms with van der Waals surface area (Å²) in [7, 11) is 0. The summed E-state index contributed by atoms with van der Waals surface area (Å²) in [5, 5.41) is 9.93. The molecule has 0 spiro atoms. The highest BCUT2D eigenvalue weighted by atomic mass is 35.5. The minimum absolute atomic E-state index is 0.443. The van der Waals surface area contributed by atoms with Gasteiger partial charge in [0.25, 0.3) is 0 Å². The average molecular weight is 271 g/mol. The van der Waals surface area contributed by atoms with Crippen LogP contribution in [0.5, 0.6) is 11.6 Å². The van der Waals surface area contributed by atoms with E-state index < -0.39 is 0 Å². The monoisotopic (exact) mass is 270 g/mol. The van der Waals surface area contributed by atoms with Crippen molar-refractivity contribution in [3.05, 3.63) is 60.3 Å². The van der Waals surface area contributed by atoms with Crippen LogP contribution in [0.3, 0.4) is 0 Å². The van der Waals surface area contributed by atoms with Gasteiger partial charge in [-0.05, 0) is 34.5 Å². The van der Waals surface area contributed by atoms with E-state index in [0.29, 0.717) is 11.8 Å². The Morgan fingerprint density at radius 3 is 2.74 bits per heavy atom. The molecule has 3 aromatic rings. The van der Waals surface area contributed by atoms with Crippen LogP contribution in [0.25, 0.3) is 10.8 Å². The summed E-state index contributed by atoms with van der Waals surface area (Å²) in [5.41, 5.74) is 1.04. The Labute approximate surface area is 115 Å². The lowest BCUT2D eigenvalue weighted by atomic mass is 10.1. The smallest absolute Gasteiger partial charge is 0.238 e. The number of benzene rings is 2. The third kappa shape index (κ3) is 2.51. The Kier molecular flexibility index (Phi) is 3.29. The normalized spacial score (nSPS) is 10.6. The second-order valence-electron chi connectivity index (χ2n) is 4.10. The molecule has 0 unspecified atom stereocenters. The fourth-order valence-electron chi connectivity index (χ4n) is 1.99. The van der Waals surface area contributed by atoms with E-state index in [0.717, 1.165) is 22.1 Å². The molecule has 94 valence electrons. The lowest BCUT2D eigenvalue weighted by molar-refractivity contribution is 0.455. The molecule has 0 bridgehead atoms. The summed E-state index contributed by atoms with van der Waals surface area (Å²) in [6, 6.07) is 15.5. The number of fused-ring (bicyclic) bond motifs is 1. The van der Waals surface area contributed by atoms with Gasteiger partial charge in [0.05, 0.1) is 0 Å². The molecule has 1 aromatic heterocycles. The van der Waals surface area contributed by atoms with E-state index in [1.54, 1.807) is 18.3 Å². The number of rotatable bonds is 3. The number of alkyl halides is 1. The number of aromatic nitrogens is 2. The van der Waals surface area contributed by atoms with Crippen molar-refractivity contribution in [3.63, 3.8) is 0 Å². The van der Waals surface area contributed by atoms with Crippen LogP contribution in [-0.2, 0) is 5.88 Å². The maximum absolute atomic E-state index is 6.00. The van der Waals surface area contributed by atoms with Gasteiger partial charge in [-0.2, -0.15) is 5.10 Å². The van der Waals surface area contributed by atoms with Gasteiger partial charge in [-0.25, -0.2) is 0 Å². The van der Waals surface area contributed by atoms with E-state index >= 15 is 0 Å². The molecule has 0 atom stereocenters. The van der Waals surface area contributed by atoms with Gasteiger partial charge in [0.15, 0.2) is 0 Å². The van der Waals surface area contributed by atoms with Crippen LogP contribution >= 0.6 is 11.6 Å². The molecule has 0 amide bonds. The first-order chi connectivity index (χ1) is 9.36. The van der Waals surface area contributed by atoms with Crippen molar-refractivity contribution in [1.29, 1.82) is 0 Å². The standard InChI is InChI=1S/C15H11ClN2O/c16-10-12-9-13(19-15-6-3-7-17-18-15)8-11-4-1-2-5-14(11)12/h1-9H,10H2. The number of hydrogen-bond donors (Lipinski definition) is 0. The lowest BCUT2D eigenvalue weighted by Crippen LogP contribution is -1.91. The summed E-state index contributed by atoms with van der Waals surface area (Å²) in [5.74, 6) is 1.63. The first kappa shape index (κ1) is 11.9. The van der Waals surface area contributed by atoms with Crippen LogP contribution in [0.15, 0.2) is 54.7 Å². The predicted molar refractivity (Wildman–Crippen MR) is 75.6 cm³/mol. The average Bonchev–Trinajstić information content (AvgIpc) is 2.47. The number of halogens is 1. The second-order valence-corrected chi connectivity index (χ2v) is 4.37. The molecule has 3 rings (SSSR count). The maximum Gasteiger partial charge on any atom is 0.238 e. The van der Waals surface area contributed by atoms with Gasteiger partial charge < -0.3 is 4.74 Å². The van der Waals surface area contributed by atoms with Gasteiger partial charge >= 0.3 is 0 Å². The third-order valence-electron chi connectivity index (χ3n) is 2.84. The van der Waals surface area contributed by atoms with Crippen molar-refractivity contribution < 1.29 is 4.74 Å². The topological polar surface area (TPSA) is 35.0 Å². The van der Waals surface area contributed by atoms with Crippen LogP contribution in [0.1, 0.15) is 5.56 Å². The first-order valence-electron chi connectivity index (χ1n) is 5.90. The number of nitrogens with zero attached hydrogens (tertiary/aromatic N) is 2. The maximum atomic E-state index is 6.00. The van der Waals surface area contributed by atoms with E-state index in [1.807, 2.05) is 30.3 Å². The molecule has 0 fully saturated rings. The molecule has 1 heterocycles. The van der Waals surface area contributed by atoms with Crippen LogP contribution in [0.4, 0.5) is 0 Å². The summed E-state index contributed by atoms with van der Waals surface area (Å²) in [6.07, 6.45) is 1.61. The zero-order valence-electron chi connectivity index (χ0n) is 10.1. The molecule has 0 saturated carbocycles. The highest BCUT2D eigenvalue weighted by molar-refractivity contribution is 6.18. The van der Waals surface area contributed by atoms with E-state index in [1.165, 1.54) is 0 Å². The zero-order valence-corrected chi connectivity index (χ0v) is 10.8. The fourth-order valence-corrected chi connectivity index (χ4v) is 2.21. The largest absolute Gasteiger partial charge is 0.437 e. The molecule has 19 heavy (non-hydrogen) atoms. The first-order valence-corrected chi connectivity index (χ1v) is 6.43. The van der Waals surface area contributed by atoms with Gasteiger partial charge in [-0.15, -0.1) is 16.7 Å². The van der Waals surface area contributed by atoms with Crippen molar-refractivity contribution in [1.82, 2.24) is 10.2 Å². The Morgan fingerprint density at radius 1 is 1.05 bits per heavy atom. The van der Waals surface area contributed by atoms with Gasteiger partial charge in [0.1, 0.15) is 5.75 Å². The fraction of sp³-hybridized carbons (Fsp3) is 0.0667.